The van der Waals surface area contributed by atoms with E-state index in [1.54, 1.807) is 7.11 Å². The number of Topliss-reactive ketones (excluding diaryl/α,β-unsaturated/α-hetero) is 1. The molecule has 0 aromatic carbocycles. The van der Waals surface area contributed by atoms with E-state index in [1.807, 2.05) is 0 Å². The van der Waals surface area contributed by atoms with Gasteiger partial charge in [-0.05, 0) is 33.6 Å². The first kappa shape index (κ1) is 15.2. The second-order valence-electron chi connectivity index (χ2n) is 7.23. The SMILES string of the molecule is COC1C(=O)CCC2(CO2)C1C1(C)CC(CC=C(C)C)O1. The van der Waals surface area contributed by atoms with E-state index in [4.69, 9.17) is 14.2 Å². The monoisotopic (exact) mass is 294 g/mol. The van der Waals surface area contributed by atoms with Crippen LogP contribution in [0.25, 0.3) is 0 Å². The first-order chi connectivity index (χ1) is 9.90. The summed E-state index contributed by atoms with van der Waals surface area (Å²) in [6, 6.07) is 0. The fraction of sp³-hybridized carbons (Fsp3) is 0.824. The first-order valence-corrected chi connectivity index (χ1v) is 7.91. The molecule has 4 heteroatoms. The molecule has 1 spiro atoms. The lowest BCUT2D eigenvalue weighted by Crippen LogP contribution is -2.64. The molecule has 5 atom stereocenters. The minimum atomic E-state index is -0.379. The molecule has 0 radical (unpaired) electrons. The van der Waals surface area contributed by atoms with Crippen LogP contribution in [-0.2, 0) is 19.0 Å². The maximum atomic E-state index is 12.2. The van der Waals surface area contributed by atoms with Gasteiger partial charge in [-0.15, -0.1) is 0 Å². The molecular formula is C17H26O4. The molecule has 118 valence electrons. The Bertz CT molecular complexity index is 453. The van der Waals surface area contributed by atoms with Gasteiger partial charge in [0, 0.05) is 20.0 Å². The van der Waals surface area contributed by atoms with Gasteiger partial charge in [0.1, 0.15) is 11.7 Å². The predicted octanol–water partition coefficient (Wildman–Crippen LogP) is 2.65. The number of carbonyl (C=O) groups is 1. The molecule has 2 heterocycles. The molecule has 3 rings (SSSR count). The molecule has 3 aliphatic rings. The Balaban J connectivity index is 1.72. The van der Waals surface area contributed by atoms with E-state index in [9.17, 15) is 4.79 Å². The molecule has 1 saturated carbocycles. The van der Waals surface area contributed by atoms with E-state index in [0.29, 0.717) is 6.42 Å². The number of allylic oxidation sites excluding steroid dienone is 1. The summed E-state index contributed by atoms with van der Waals surface area (Å²) < 4.78 is 17.5. The van der Waals surface area contributed by atoms with Crippen molar-refractivity contribution in [2.24, 2.45) is 5.92 Å². The van der Waals surface area contributed by atoms with Crippen LogP contribution in [0.5, 0.6) is 0 Å². The summed E-state index contributed by atoms with van der Waals surface area (Å²) in [6.07, 6.45) is 5.39. The van der Waals surface area contributed by atoms with Crippen LogP contribution in [-0.4, -0.2) is 42.9 Å². The molecule has 2 aliphatic heterocycles. The predicted molar refractivity (Wildman–Crippen MR) is 79.2 cm³/mol. The van der Waals surface area contributed by atoms with Gasteiger partial charge in [0.05, 0.1) is 24.2 Å². The summed E-state index contributed by atoms with van der Waals surface area (Å²) in [6.45, 7) is 7.06. The van der Waals surface area contributed by atoms with Gasteiger partial charge >= 0.3 is 0 Å². The third-order valence-electron chi connectivity index (χ3n) is 5.27. The molecule has 0 aromatic heterocycles. The topological polar surface area (TPSA) is 48.1 Å². The Morgan fingerprint density at radius 2 is 2.14 bits per heavy atom. The molecule has 0 bridgehead atoms. The summed E-state index contributed by atoms with van der Waals surface area (Å²) >= 11 is 0. The number of ether oxygens (including phenoxy) is 3. The number of carbonyl (C=O) groups excluding carboxylic acids is 1. The minimum Gasteiger partial charge on any atom is -0.373 e. The van der Waals surface area contributed by atoms with Crippen LogP contribution in [0.3, 0.4) is 0 Å². The average molecular weight is 294 g/mol. The number of rotatable bonds is 4. The lowest BCUT2D eigenvalue weighted by molar-refractivity contribution is -0.252. The highest BCUT2D eigenvalue weighted by Gasteiger charge is 2.67. The van der Waals surface area contributed by atoms with Gasteiger partial charge in [-0.3, -0.25) is 4.79 Å². The van der Waals surface area contributed by atoms with Gasteiger partial charge in [-0.25, -0.2) is 0 Å². The van der Waals surface area contributed by atoms with Crippen molar-refractivity contribution in [2.75, 3.05) is 13.7 Å². The highest BCUT2D eigenvalue weighted by Crippen LogP contribution is 2.56. The lowest BCUT2D eigenvalue weighted by atomic mass is 9.64. The van der Waals surface area contributed by atoms with E-state index >= 15 is 0 Å². The molecule has 0 amide bonds. The molecule has 21 heavy (non-hydrogen) atoms. The third kappa shape index (κ3) is 2.58. The Morgan fingerprint density at radius 1 is 1.48 bits per heavy atom. The average Bonchev–Trinajstić information content (AvgIpc) is 3.16. The summed E-state index contributed by atoms with van der Waals surface area (Å²) in [5, 5.41) is 0. The van der Waals surface area contributed by atoms with Crippen LogP contribution < -0.4 is 0 Å². The van der Waals surface area contributed by atoms with Gasteiger partial charge in [-0.1, -0.05) is 11.6 Å². The van der Waals surface area contributed by atoms with Gasteiger partial charge in [-0.2, -0.15) is 0 Å². The maximum Gasteiger partial charge on any atom is 0.162 e. The van der Waals surface area contributed by atoms with Gasteiger partial charge in [0.2, 0.25) is 0 Å². The Kier molecular flexibility index (Phi) is 3.75. The quantitative estimate of drug-likeness (QED) is 0.591. The fourth-order valence-corrected chi connectivity index (χ4v) is 4.18. The van der Waals surface area contributed by atoms with Crippen LogP contribution in [0.2, 0.25) is 0 Å². The summed E-state index contributed by atoms with van der Waals surface area (Å²) in [4.78, 5) is 12.2. The highest BCUT2D eigenvalue weighted by molar-refractivity contribution is 5.85. The Labute approximate surface area is 126 Å². The molecule has 0 N–H and O–H groups in total. The zero-order valence-corrected chi connectivity index (χ0v) is 13.5. The van der Waals surface area contributed by atoms with Crippen molar-refractivity contribution in [3.8, 4) is 0 Å². The van der Waals surface area contributed by atoms with Crippen LogP contribution in [0.15, 0.2) is 11.6 Å². The zero-order valence-electron chi connectivity index (χ0n) is 13.5. The number of hydrogen-bond donors (Lipinski definition) is 0. The molecule has 4 nitrogen and oxygen atoms in total. The lowest BCUT2D eigenvalue weighted by Gasteiger charge is -2.54. The van der Waals surface area contributed by atoms with Crippen LogP contribution in [0, 0.1) is 5.92 Å². The fourth-order valence-electron chi connectivity index (χ4n) is 4.18. The third-order valence-corrected chi connectivity index (χ3v) is 5.27. The van der Waals surface area contributed by atoms with E-state index in [0.717, 1.165) is 25.9 Å². The van der Waals surface area contributed by atoms with Gasteiger partial charge in [0.15, 0.2) is 5.78 Å². The maximum absolute atomic E-state index is 12.2. The number of epoxide rings is 1. The van der Waals surface area contributed by atoms with E-state index in [1.165, 1.54) is 5.57 Å². The number of hydrogen-bond acceptors (Lipinski definition) is 4. The summed E-state index contributed by atoms with van der Waals surface area (Å²) in [5.74, 6) is 0.223. The minimum absolute atomic E-state index is 0.0270. The summed E-state index contributed by atoms with van der Waals surface area (Å²) in [5.41, 5.74) is 0.843. The van der Waals surface area contributed by atoms with Crippen molar-refractivity contribution >= 4 is 5.78 Å². The highest BCUT2D eigenvalue weighted by atomic mass is 16.6. The molecule has 3 fully saturated rings. The van der Waals surface area contributed by atoms with E-state index in [2.05, 4.69) is 26.8 Å². The summed E-state index contributed by atoms with van der Waals surface area (Å²) in [7, 11) is 1.62. The molecular weight excluding hydrogens is 268 g/mol. The second-order valence-corrected chi connectivity index (χ2v) is 7.23. The van der Waals surface area contributed by atoms with Crippen molar-refractivity contribution in [3.05, 3.63) is 11.6 Å². The van der Waals surface area contributed by atoms with Gasteiger partial charge < -0.3 is 14.2 Å². The Hall–Kier alpha value is -0.710. The Morgan fingerprint density at radius 3 is 2.67 bits per heavy atom. The van der Waals surface area contributed by atoms with Crippen molar-refractivity contribution < 1.29 is 19.0 Å². The van der Waals surface area contributed by atoms with Crippen molar-refractivity contribution in [1.82, 2.24) is 0 Å². The first-order valence-electron chi connectivity index (χ1n) is 7.91. The van der Waals surface area contributed by atoms with Crippen molar-refractivity contribution in [1.29, 1.82) is 0 Å². The van der Waals surface area contributed by atoms with E-state index in [-0.39, 0.29) is 35.1 Å². The van der Waals surface area contributed by atoms with Crippen molar-refractivity contribution in [2.45, 2.75) is 69.9 Å². The molecule has 2 saturated heterocycles. The van der Waals surface area contributed by atoms with Crippen LogP contribution >= 0.6 is 0 Å². The van der Waals surface area contributed by atoms with Gasteiger partial charge in [0.25, 0.3) is 0 Å². The molecule has 5 unspecified atom stereocenters. The normalized spacial score (nSPS) is 45.3. The second kappa shape index (κ2) is 5.18. The van der Waals surface area contributed by atoms with Crippen LogP contribution in [0.1, 0.15) is 46.5 Å². The van der Waals surface area contributed by atoms with E-state index < -0.39 is 0 Å². The van der Waals surface area contributed by atoms with Crippen LogP contribution in [0.4, 0.5) is 0 Å². The molecule has 0 aromatic rings. The smallest absolute Gasteiger partial charge is 0.162 e. The number of methoxy groups -OCH3 is 1. The standard InChI is InChI=1S/C17H26O4/c1-11(2)5-6-12-9-16(3,21-12)15-14(19-4)13(18)7-8-17(15)10-20-17/h5,12,14-15H,6-10H2,1-4H3. The van der Waals surface area contributed by atoms with Crippen molar-refractivity contribution in [3.63, 3.8) is 0 Å². The zero-order chi connectivity index (χ0) is 15.3. The largest absolute Gasteiger partial charge is 0.373 e. The molecule has 1 aliphatic carbocycles. The number of ketones is 1.